The third-order valence-corrected chi connectivity index (χ3v) is 7.30. The minimum absolute atomic E-state index is 0.194. The van der Waals surface area contributed by atoms with E-state index in [1.165, 1.54) is 6.92 Å². The third kappa shape index (κ3) is 7.58. The molecule has 0 fully saturated rings. The van der Waals surface area contributed by atoms with Gasteiger partial charge in [0.05, 0.1) is 6.61 Å². The molecule has 0 amide bonds. The van der Waals surface area contributed by atoms with Gasteiger partial charge in [-0.15, -0.1) is 0 Å². The van der Waals surface area contributed by atoms with E-state index in [4.69, 9.17) is 14.3 Å². The number of carbonyl (C=O) groups is 4. The molecule has 4 aromatic rings. The Kier molecular flexibility index (Phi) is 11.0. The zero-order valence-electron chi connectivity index (χ0n) is 25.7. The van der Waals surface area contributed by atoms with Gasteiger partial charge in [-0.1, -0.05) is 38.3 Å². The zero-order chi connectivity index (χ0) is 31.6. The topological polar surface area (TPSA) is 113 Å². The minimum atomic E-state index is -0.779. The van der Waals surface area contributed by atoms with Crippen LogP contribution in [0.25, 0.3) is 21.8 Å². The van der Waals surface area contributed by atoms with Crippen LogP contribution in [0.3, 0.4) is 0 Å². The van der Waals surface area contributed by atoms with Crippen molar-refractivity contribution in [3.63, 3.8) is 0 Å². The van der Waals surface area contributed by atoms with Gasteiger partial charge >= 0.3 is 12.1 Å². The van der Waals surface area contributed by atoms with E-state index in [0.717, 1.165) is 53.9 Å². The van der Waals surface area contributed by atoms with E-state index in [0.29, 0.717) is 36.3 Å². The number of hydrogen-bond acceptors (Lipinski definition) is 8. The van der Waals surface area contributed by atoms with E-state index in [1.807, 2.05) is 38.1 Å². The average Bonchev–Trinajstić information content (AvgIpc) is 3.34. The van der Waals surface area contributed by atoms with Gasteiger partial charge in [-0.05, 0) is 86.8 Å². The lowest BCUT2D eigenvalue weighted by atomic mass is 9.98. The number of rotatable bonds is 14. The lowest BCUT2D eigenvalue weighted by Gasteiger charge is -2.07. The maximum Gasteiger partial charge on any atom is 0.513 e. The fourth-order valence-corrected chi connectivity index (χ4v) is 5.02. The molecule has 230 valence electrons. The monoisotopic (exact) mass is 598 g/mol. The number of unbranched alkanes of at least 4 members (excludes halogenated alkanes) is 3. The Labute approximate surface area is 256 Å². The summed E-state index contributed by atoms with van der Waals surface area (Å²) >= 11 is 0. The van der Waals surface area contributed by atoms with Gasteiger partial charge in [0.2, 0.25) is 5.78 Å². The average molecular weight is 599 g/mol. The Hall–Kier alpha value is -4.79. The van der Waals surface area contributed by atoms with Crippen molar-refractivity contribution in [2.45, 2.75) is 72.8 Å². The lowest BCUT2D eigenvalue weighted by Crippen LogP contribution is -2.16. The lowest BCUT2D eigenvalue weighted by molar-refractivity contribution is -0.140. The Morgan fingerprint density at radius 3 is 1.98 bits per heavy atom. The van der Waals surface area contributed by atoms with E-state index >= 15 is 0 Å². The van der Waals surface area contributed by atoms with Crippen molar-refractivity contribution in [2.75, 3.05) is 6.61 Å². The molecule has 1 heterocycles. The third-order valence-electron chi connectivity index (χ3n) is 7.30. The van der Waals surface area contributed by atoms with Gasteiger partial charge in [-0.3, -0.25) is 9.59 Å². The van der Waals surface area contributed by atoms with Crippen LogP contribution in [-0.2, 0) is 20.9 Å². The molecule has 9 heteroatoms. The van der Waals surface area contributed by atoms with Crippen molar-refractivity contribution in [2.24, 2.45) is 5.16 Å². The molecule has 1 aromatic heterocycles. The van der Waals surface area contributed by atoms with Crippen molar-refractivity contribution in [3.8, 4) is 5.75 Å². The summed E-state index contributed by atoms with van der Waals surface area (Å²) in [5, 5.41) is 5.54. The molecule has 0 bridgehead atoms. The first kappa shape index (κ1) is 32.1. The van der Waals surface area contributed by atoms with Gasteiger partial charge < -0.3 is 18.9 Å². The van der Waals surface area contributed by atoms with Crippen molar-refractivity contribution in [1.29, 1.82) is 0 Å². The van der Waals surface area contributed by atoms with Gasteiger partial charge in [0.25, 0.3) is 0 Å². The molecule has 44 heavy (non-hydrogen) atoms. The largest absolute Gasteiger partial charge is 0.513 e. The molecule has 0 aliphatic carbocycles. The highest BCUT2D eigenvalue weighted by Crippen LogP contribution is 2.32. The maximum absolute atomic E-state index is 13.5. The molecule has 0 radical (unpaired) electrons. The second kappa shape index (κ2) is 15.1. The molecule has 0 atom stereocenters. The quantitative estimate of drug-likeness (QED) is 0.0274. The highest BCUT2D eigenvalue weighted by atomic mass is 16.7. The van der Waals surface area contributed by atoms with E-state index in [-0.39, 0.29) is 23.0 Å². The van der Waals surface area contributed by atoms with Crippen molar-refractivity contribution in [1.82, 2.24) is 4.57 Å². The van der Waals surface area contributed by atoms with Crippen molar-refractivity contribution >= 4 is 51.2 Å². The number of hydrogen-bond donors (Lipinski definition) is 0. The molecule has 3 aromatic carbocycles. The Morgan fingerprint density at radius 1 is 0.750 bits per heavy atom. The second-order valence-electron chi connectivity index (χ2n) is 10.5. The standard InChI is InChI=1S/C35H38N2O7/c1-5-8-10-11-30(36-44-23(4)38)34(40)26-15-19-32-29(22-26)28-21-25(14-18-31(28)37(32)7-3)33(39)24-12-16-27(17-13-24)43-35(41)42-20-9-6-2/h12-19,21-22H,5-11,20H2,1-4H3. The number of carbonyl (C=O) groups excluding carboxylic acids is 4. The Bertz CT molecular complexity index is 1700. The number of ether oxygens (including phenoxy) is 2. The van der Waals surface area contributed by atoms with E-state index < -0.39 is 12.1 Å². The number of Topliss-reactive ketones (excluding diaryl/α,β-unsaturated/α-hetero) is 1. The van der Waals surface area contributed by atoms with E-state index in [2.05, 4.69) is 16.6 Å². The van der Waals surface area contributed by atoms with E-state index in [1.54, 1.807) is 36.4 Å². The minimum Gasteiger partial charge on any atom is -0.434 e. The highest BCUT2D eigenvalue weighted by molar-refractivity contribution is 6.46. The van der Waals surface area contributed by atoms with Crippen LogP contribution in [0.2, 0.25) is 0 Å². The number of ketones is 2. The first-order valence-corrected chi connectivity index (χ1v) is 15.1. The van der Waals surface area contributed by atoms with Crippen LogP contribution < -0.4 is 4.74 Å². The molecule has 0 unspecified atom stereocenters. The molecule has 4 rings (SSSR count). The molecule has 0 saturated heterocycles. The van der Waals surface area contributed by atoms with Gasteiger partial charge in [-0.2, -0.15) is 0 Å². The van der Waals surface area contributed by atoms with Crippen molar-refractivity contribution in [3.05, 3.63) is 77.4 Å². The summed E-state index contributed by atoms with van der Waals surface area (Å²) < 4.78 is 12.3. The van der Waals surface area contributed by atoms with Crippen LogP contribution in [-0.4, -0.2) is 40.6 Å². The first-order chi connectivity index (χ1) is 21.3. The molecular formula is C35H38N2O7. The summed E-state index contributed by atoms with van der Waals surface area (Å²) in [6.45, 7) is 8.34. The van der Waals surface area contributed by atoms with Crippen LogP contribution in [0.15, 0.2) is 65.8 Å². The van der Waals surface area contributed by atoms with Gasteiger partial charge in [0.15, 0.2) is 5.78 Å². The number of fused-ring (bicyclic) bond motifs is 3. The van der Waals surface area contributed by atoms with Crippen LogP contribution >= 0.6 is 0 Å². The van der Waals surface area contributed by atoms with Crippen LogP contribution in [0, 0.1) is 0 Å². The number of aryl methyl sites for hydroxylation is 1. The van der Waals surface area contributed by atoms with Gasteiger partial charge in [-0.25, -0.2) is 9.59 Å². The van der Waals surface area contributed by atoms with Gasteiger partial charge in [0, 0.05) is 52.0 Å². The predicted molar refractivity (Wildman–Crippen MR) is 170 cm³/mol. The number of aromatic nitrogens is 1. The molecule has 0 aliphatic rings. The van der Waals surface area contributed by atoms with Crippen molar-refractivity contribution < 1.29 is 33.5 Å². The zero-order valence-corrected chi connectivity index (χ0v) is 25.7. The number of oxime groups is 1. The normalized spacial score (nSPS) is 11.5. The molecule has 0 saturated carbocycles. The van der Waals surface area contributed by atoms with E-state index in [9.17, 15) is 19.2 Å². The summed E-state index contributed by atoms with van der Waals surface area (Å²) in [6, 6.07) is 17.3. The Morgan fingerprint density at radius 2 is 1.36 bits per heavy atom. The molecule has 0 spiro atoms. The predicted octanol–water partition coefficient (Wildman–Crippen LogP) is 8.04. The fourth-order valence-electron chi connectivity index (χ4n) is 5.02. The number of benzene rings is 3. The summed E-state index contributed by atoms with van der Waals surface area (Å²) in [7, 11) is 0. The molecule has 0 aliphatic heterocycles. The summed E-state index contributed by atoms with van der Waals surface area (Å²) in [5.74, 6) is -0.796. The molecule has 9 nitrogen and oxygen atoms in total. The fraction of sp³-hybridized carbons (Fsp3) is 0.343. The van der Waals surface area contributed by atoms with Crippen LogP contribution in [0.4, 0.5) is 4.79 Å². The number of nitrogens with zero attached hydrogens (tertiary/aromatic N) is 2. The van der Waals surface area contributed by atoms with Gasteiger partial charge in [0.1, 0.15) is 11.5 Å². The molecule has 0 N–H and O–H groups in total. The second-order valence-corrected chi connectivity index (χ2v) is 10.5. The first-order valence-electron chi connectivity index (χ1n) is 15.1. The Balaban J connectivity index is 1.65. The van der Waals surface area contributed by atoms with Crippen LogP contribution in [0.1, 0.15) is 92.5 Å². The SMILES string of the molecule is CCCCCC(=NOC(C)=O)C(=O)c1ccc2c(c1)c1cc(C(=O)c3ccc(OC(=O)OCCCC)cc3)ccc1n2CC. The van der Waals surface area contributed by atoms with Crippen LogP contribution in [0.5, 0.6) is 5.75 Å². The molecular weight excluding hydrogens is 560 g/mol. The maximum atomic E-state index is 13.5. The summed E-state index contributed by atoms with van der Waals surface area (Å²) in [4.78, 5) is 55.1. The summed E-state index contributed by atoms with van der Waals surface area (Å²) in [6.07, 6.45) is 3.93. The smallest absolute Gasteiger partial charge is 0.434 e. The highest BCUT2D eigenvalue weighted by Gasteiger charge is 2.20. The summed E-state index contributed by atoms with van der Waals surface area (Å²) in [5.41, 5.74) is 3.41.